The Morgan fingerprint density at radius 1 is 0.204 bits per heavy atom. The molecular formula is C90H76Cl2Si4Zr2-2. The maximum absolute atomic E-state index is 2.32. The largest absolute Gasteiger partial charge is 1.00 e. The van der Waals surface area contributed by atoms with Crippen LogP contribution in [0, 0.1) is 0 Å². The maximum atomic E-state index is 2.32. The predicted octanol–water partition coefficient (Wildman–Crippen LogP) is 7.80. The molecule has 16 aromatic rings. The second-order valence-electron chi connectivity index (χ2n) is 23.8. The van der Waals surface area contributed by atoms with E-state index in [1.54, 1.807) is 48.5 Å². The summed E-state index contributed by atoms with van der Waals surface area (Å²) in [6, 6.07) is 140. The number of rotatable bonds is 12. The van der Waals surface area contributed by atoms with E-state index in [0.29, 0.717) is 0 Å². The van der Waals surface area contributed by atoms with Gasteiger partial charge in [0.25, 0.3) is 0 Å². The van der Waals surface area contributed by atoms with Crippen LogP contribution in [0.2, 0.25) is 0 Å². The zero-order valence-electron chi connectivity index (χ0n) is 55.7. The van der Waals surface area contributed by atoms with Crippen LogP contribution in [-0.2, 0) is 48.5 Å². The first-order valence-electron chi connectivity index (χ1n) is 32.7. The zero-order valence-corrected chi connectivity index (χ0v) is 66.1. The van der Waals surface area contributed by atoms with Gasteiger partial charge in [0.2, 0.25) is 0 Å². The first kappa shape index (κ1) is 74.3. The number of hydrogen-bond donors (Lipinski definition) is 0. The minimum absolute atomic E-state index is 0. The van der Waals surface area contributed by atoms with Gasteiger partial charge in [-0.25, -0.2) is 0 Å². The second kappa shape index (κ2) is 38.4. The van der Waals surface area contributed by atoms with E-state index < -0.39 is 35.2 Å². The molecule has 16 rings (SSSR count). The Bertz CT molecular complexity index is 4190. The molecule has 16 aromatic carbocycles. The normalized spacial score (nSPS) is 10.6. The third-order valence-corrected chi connectivity index (χ3v) is 27.5. The molecular weight excluding hydrogens is 1450 g/mol. The Morgan fingerprint density at radius 3 is 0.469 bits per heavy atom. The topological polar surface area (TPSA) is 0 Å². The van der Waals surface area contributed by atoms with E-state index >= 15 is 0 Å². The van der Waals surface area contributed by atoms with Crippen LogP contribution in [-0.4, -0.2) is 41.6 Å². The number of benzene rings is 12. The summed E-state index contributed by atoms with van der Waals surface area (Å²) in [5.41, 5.74) is 0. The van der Waals surface area contributed by atoms with E-state index in [4.69, 9.17) is 0 Å². The van der Waals surface area contributed by atoms with Crippen molar-refractivity contribution in [1.29, 1.82) is 0 Å². The maximum Gasteiger partial charge on any atom is 0.0959 e. The van der Waals surface area contributed by atoms with E-state index in [1.165, 1.54) is 112 Å². The molecule has 476 valence electrons. The summed E-state index contributed by atoms with van der Waals surface area (Å²) in [6.45, 7) is 8.49. The molecule has 0 atom stereocenters. The number of hydrogen-bond acceptors (Lipinski definition) is 0. The monoisotopic (exact) mass is 1520 g/mol. The van der Waals surface area contributed by atoms with Crippen LogP contribution in [0.3, 0.4) is 0 Å². The van der Waals surface area contributed by atoms with Crippen molar-refractivity contribution >= 4 is 147 Å². The minimum atomic E-state index is -0.959. The van der Waals surface area contributed by atoms with Gasteiger partial charge in [0.1, 0.15) is 0 Å². The van der Waals surface area contributed by atoms with Crippen LogP contribution in [0.15, 0.2) is 388 Å². The third-order valence-electron chi connectivity index (χ3n) is 16.3. The molecule has 0 nitrogen and oxygen atoms in total. The van der Waals surface area contributed by atoms with Gasteiger partial charge >= 0.3 is 82.6 Å². The van der Waals surface area contributed by atoms with Gasteiger partial charge in [-0.2, -0.15) is 66.6 Å². The van der Waals surface area contributed by atoms with Gasteiger partial charge in [-0.15, -0.1) is 119 Å². The smallest absolute Gasteiger partial charge is 0.0959 e. The summed E-state index contributed by atoms with van der Waals surface area (Å²) in [6.07, 6.45) is 0. The Labute approximate surface area is 629 Å². The molecule has 0 N–H and O–H groups in total. The Kier molecular flexibility index (Phi) is 29.1. The molecule has 0 aliphatic carbocycles. The predicted molar refractivity (Wildman–Crippen MR) is 421 cm³/mol. The molecule has 0 amide bonds. The molecule has 4 radical (unpaired) electrons. The molecule has 0 aromatic heterocycles. The summed E-state index contributed by atoms with van der Waals surface area (Å²) in [5.74, 6) is 0. The van der Waals surface area contributed by atoms with Crippen molar-refractivity contribution < 1.29 is 73.3 Å². The Morgan fingerprint density at radius 2 is 0.327 bits per heavy atom. The van der Waals surface area contributed by atoms with Crippen LogP contribution in [0.4, 0.5) is 0 Å². The van der Waals surface area contributed by atoms with Crippen LogP contribution < -0.4 is 87.1 Å². The fourth-order valence-corrected chi connectivity index (χ4v) is 23.2. The van der Waals surface area contributed by atoms with Gasteiger partial charge in [-0.05, 0) is 0 Å². The van der Waals surface area contributed by atoms with Crippen molar-refractivity contribution in [2.45, 2.75) is 27.7 Å². The summed E-state index contributed by atoms with van der Waals surface area (Å²) in [5, 5.41) is 28.4. The number of halogens is 2. The molecule has 0 unspecified atom stereocenters. The summed E-state index contributed by atoms with van der Waals surface area (Å²) in [4.78, 5) is 0. The van der Waals surface area contributed by atoms with Gasteiger partial charge in [0, 0.05) is 0 Å². The molecule has 98 heavy (non-hydrogen) atoms. The molecule has 0 saturated heterocycles. The average molecular weight is 1520 g/mol. The van der Waals surface area contributed by atoms with Crippen molar-refractivity contribution in [1.82, 2.24) is 0 Å². The van der Waals surface area contributed by atoms with E-state index in [1.807, 2.05) is 0 Å². The van der Waals surface area contributed by atoms with Crippen molar-refractivity contribution in [2.75, 3.05) is 0 Å². The minimum Gasteiger partial charge on any atom is -1.00 e. The van der Waals surface area contributed by atoms with Crippen molar-refractivity contribution in [3.63, 3.8) is 0 Å². The first-order chi connectivity index (χ1) is 47.2. The average Bonchev–Trinajstić information content (AvgIpc) is 1.16. The van der Waals surface area contributed by atoms with Crippen LogP contribution in [0.1, 0.15) is 27.7 Å². The molecule has 0 aliphatic rings. The van der Waals surface area contributed by atoms with E-state index in [2.05, 4.69) is 416 Å². The zero-order chi connectivity index (χ0) is 66.3. The molecule has 0 aliphatic heterocycles. The van der Waals surface area contributed by atoms with Gasteiger partial charge < -0.3 is 24.8 Å². The Hall–Kier alpha value is -7.97. The molecule has 0 heterocycles. The fraction of sp³-hybridized carbons (Fsp3) is 0.0444. The van der Waals surface area contributed by atoms with Crippen LogP contribution in [0.5, 0.6) is 0 Å². The van der Waals surface area contributed by atoms with E-state index in [9.17, 15) is 0 Å². The van der Waals surface area contributed by atoms with E-state index in [-0.39, 0.29) is 24.8 Å². The molecule has 0 bridgehead atoms. The standard InChI is InChI=1S/4C21H16Si.2C3H6.2ClH.2Zr/c4*1-3-10-18(11-4-1)22(19-12-5-2-6-13-19)21-16-15-17-9-7-8-14-20(17)21;2*1-3-2;;;;/h4*1-16H;2*1-2H3;2*1H;;/q4*-1;;;;;2*+2/p-2. The van der Waals surface area contributed by atoms with Crippen LogP contribution >= 0.6 is 0 Å². The SMILES string of the molecule is C[C](C)=[Zr+2].C[C](C)=[Zr+2].[Cl-].[Cl-].c1ccc([Si](c2ccccc2)c2c[cH-]c3ccccc23)cc1.c1ccc([Si](c2ccccc2)c2c[cH-]c3ccccc23)cc1.c1ccc([Si](c2ccccc2)c2c[cH-]c3ccccc23)cc1.c1ccc([Si](c2ccccc2)c2c[cH-]c3ccccc23)cc1. The van der Waals surface area contributed by atoms with Gasteiger partial charge in [-0.3, -0.25) is 0 Å². The van der Waals surface area contributed by atoms with E-state index in [0.717, 1.165) is 0 Å². The second-order valence-corrected chi connectivity index (χ2v) is 38.5. The van der Waals surface area contributed by atoms with Crippen molar-refractivity contribution in [2.24, 2.45) is 0 Å². The molecule has 0 fully saturated rings. The molecule has 0 saturated carbocycles. The summed E-state index contributed by atoms with van der Waals surface area (Å²) in [7, 11) is -3.84. The Balaban J connectivity index is 0.000000146. The third kappa shape index (κ3) is 19.7. The summed E-state index contributed by atoms with van der Waals surface area (Å²) < 4.78 is 3.01. The van der Waals surface area contributed by atoms with Crippen molar-refractivity contribution in [3.8, 4) is 0 Å². The first-order valence-corrected chi connectivity index (χ1v) is 41.2. The molecule has 8 heteroatoms. The fourth-order valence-electron chi connectivity index (χ4n) is 12.2. The number of fused-ring (bicyclic) bond motifs is 4. The van der Waals surface area contributed by atoms with Gasteiger partial charge in [0.15, 0.2) is 0 Å². The van der Waals surface area contributed by atoms with Gasteiger partial charge in [0.05, 0.1) is 35.2 Å². The quantitative estimate of drug-likeness (QED) is 0.0867. The van der Waals surface area contributed by atoms with Crippen LogP contribution in [0.25, 0.3) is 43.1 Å². The van der Waals surface area contributed by atoms with Gasteiger partial charge in [-0.1, -0.05) is 308 Å². The summed E-state index contributed by atoms with van der Waals surface area (Å²) >= 11 is 3.11. The van der Waals surface area contributed by atoms with Crippen molar-refractivity contribution in [3.05, 3.63) is 388 Å². The molecule has 0 spiro atoms.